The maximum Gasteiger partial charge on any atom is 0.387 e. The average molecular weight is 333 g/mol. The Balaban J connectivity index is 2.08. The fourth-order valence-electron chi connectivity index (χ4n) is 1.97. The summed E-state index contributed by atoms with van der Waals surface area (Å²) in [5, 5.41) is 2.71. The monoisotopic (exact) mass is 333 g/mol. The molecule has 1 amide bonds. The topological polar surface area (TPSA) is 47.6 Å². The lowest BCUT2D eigenvalue weighted by atomic mass is 10.2. The first-order chi connectivity index (χ1) is 11.6. The van der Waals surface area contributed by atoms with Crippen molar-refractivity contribution in [2.75, 3.05) is 11.9 Å². The summed E-state index contributed by atoms with van der Waals surface area (Å²) in [6, 6.07) is 13.5. The van der Waals surface area contributed by atoms with Gasteiger partial charge in [0.25, 0.3) is 0 Å². The molecular weight excluding hydrogens is 316 g/mol. The summed E-state index contributed by atoms with van der Waals surface area (Å²) in [6.07, 6.45) is 2.92. The highest BCUT2D eigenvalue weighted by molar-refractivity contribution is 6.01. The van der Waals surface area contributed by atoms with Gasteiger partial charge in [0.15, 0.2) is 11.5 Å². The van der Waals surface area contributed by atoms with Crippen LogP contribution in [0, 0.1) is 0 Å². The van der Waals surface area contributed by atoms with E-state index in [0.717, 1.165) is 0 Å². The van der Waals surface area contributed by atoms with Crippen molar-refractivity contribution in [2.45, 2.75) is 13.5 Å². The number of para-hydroxylation sites is 1. The van der Waals surface area contributed by atoms with Gasteiger partial charge >= 0.3 is 6.61 Å². The van der Waals surface area contributed by atoms with Crippen LogP contribution in [0.15, 0.2) is 54.6 Å². The van der Waals surface area contributed by atoms with Crippen molar-refractivity contribution >= 4 is 17.7 Å². The van der Waals surface area contributed by atoms with E-state index in [1.165, 1.54) is 18.2 Å². The molecule has 0 heterocycles. The standard InChI is InChI=1S/C18H17F2NO3/c1-2-23-16-12-13(8-10-15(16)24-18(19)20)9-11-17(22)21-14-6-4-3-5-7-14/h3-12,18H,2H2,1H3,(H,21,22)/b11-9+. The van der Waals surface area contributed by atoms with E-state index in [-0.39, 0.29) is 17.4 Å². The molecule has 126 valence electrons. The van der Waals surface area contributed by atoms with Crippen LogP contribution in [0.5, 0.6) is 11.5 Å². The molecule has 4 nitrogen and oxygen atoms in total. The Labute approximate surface area is 138 Å². The van der Waals surface area contributed by atoms with Gasteiger partial charge in [-0.3, -0.25) is 4.79 Å². The number of rotatable bonds is 7. The summed E-state index contributed by atoms with van der Waals surface area (Å²) >= 11 is 0. The lowest BCUT2D eigenvalue weighted by molar-refractivity contribution is -0.111. The highest BCUT2D eigenvalue weighted by atomic mass is 19.3. The van der Waals surface area contributed by atoms with Crippen LogP contribution in [0.3, 0.4) is 0 Å². The van der Waals surface area contributed by atoms with E-state index in [9.17, 15) is 13.6 Å². The van der Waals surface area contributed by atoms with Gasteiger partial charge < -0.3 is 14.8 Å². The highest BCUT2D eigenvalue weighted by Gasteiger charge is 2.11. The number of ether oxygens (including phenoxy) is 2. The van der Waals surface area contributed by atoms with E-state index in [1.54, 1.807) is 31.2 Å². The van der Waals surface area contributed by atoms with Crippen molar-refractivity contribution in [1.29, 1.82) is 0 Å². The predicted molar refractivity (Wildman–Crippen MR) is 88.3 cm³/mol. The molecule has 2 aromatic rings. The van der Waals surface area contributed by atoms with E-state index < -0.39 is 6.61 Å². The van der Waals surface area contributed by atoms with Crippen LogP contribution in [0.25, 0.3) is 6.08 Å². The second-order valence-corrected chi connectivity index (χ2v) is 4.71. The van der Waals surface area contributed by atoms with Crippen molar-refractivity contribution in [3.63, 3.8) is 0 Å². The van der Waals surface area contributed by atoms with E-state index in [0.29, 0.717) is 17.9 Å². The van der Waals surface area contributed by atoms with Crippen LogP contribution in [0.2, 0.25) is 0 Å². The third kappa shape index (κ3) is 5.39. The number of carbonyl (C=O) groups excluding carboxylic acids is 1. The molecule has 24 heavy (non-hydrogen) atoms. The Bertz CT molecular complexity index is 703. The summed E-state index contributed by atoms with van der Waals surface area (Å²) in [6.45, 7) is -0.884. The smallest absolute Gasteiger partial charge is 0.387 e. The van der Waals surface area contributed by atoms with Crippen LogP contribution in [-0.2, 0) is 4.79 Å². The number of amides is 1. The number of carbonyl (C=O) groups is 1. The molecule has 0 aromatic heterocycles. The van der Waals surface area contributed by atoms with Crippen molar-refractivity contribution < 1.29 is 23.0 Å². The van der Waals surface area contributed by atoms with Gasteiger partial charge in [-0.15, -0.1) is 0 Å². The molecule has 0 aliphatic heterocycles. The van der Waals surface area contributed by atoms with E-state index in [4.69, 9.17) is 4.74 Å². The van der Waals surface area contributed by atoms with Gasteiger partial charge in [0.1, 0.15) is 0 Å². The van der Waals surface area contributed by atoms with E-state index in [2.05, 4.69) is 10.1 Å². The van der Waals surface area contributed by atoms with Gasteiger partial charge in [-0.1, -0.05) is 24.3 Å². The van der Waals surface area contributed by atoms with Crippen molar-refractivity contribution in [1.82, 2.24) is 0 Å². The molecule has 2 aromatic carbocycles. The van der Waals surface area contributed by atoms with Crippen LogP contribution in [-0.4, -0.2) is 19.1 Å². The zero-order valence-electron chi connectivity index (χ0n) is 13.0. The van der Waals surface area contributed by atoms with Crippen LogP contribution >= 0.6 is 0 Å². The third-order valence-corrected chi connectivity index (χ3v) is 2.95. The first kappa shape index (κ1) is 17.5. The van der Waals surface area contributed by atoms with Crippen molar-refractivity contribution in [3.8, 4) is 11.5 Å². The Morgan fingerprint density at radius 1 is 1.17 bits per heavy atom. The van der Waals surface area contributed by atoms with Gasteiger partial charge in [0, 0.05) is 11.8 Å². The Morgan fingerprint density at radius 2 is 1.92 bits per heavy atom. The molecule has 0 saturated heterocycles. The second-order valence-electron chi connectivity index (χ2n) is 4.71. The lowest BCUT2D eigenvalue weighted by Crippen LogP contribution is -2.07. The summed E-state index contributed by atoms with van der Waals surface area (Å²) in [7, 11) is 0. The minimum absolute atomic E-state index is 0.0438. The SMILES string of the molecule is CCOc1cc(/C=C/C(=O)Nc2ccccc2)ccc1OC(F)F. The Kier molecular flexibility index (Phi) is 6.31. The molecule has 6 heteroatoms. The molecule has 0 spiro atoms. The summed E-state index contributed by atoms with van der Waals surface area (Å²) < 4.78 is 34.4. The van der Waals surface area contributed by atoms with Crippen LogP contribution < -0.4 is 14.8 Å². The molecule has 0 aliphatic rings. The summed E-state index contributed by atoms with van der Waals surface area (Å²) in [5.74, 6) is -0.145. The molecule has 0 atom stereocenters. The number of anilines is 1. The number of hydrogen-bond donors (Lipinski definition) is 1. The van der Waals surface area contributed by atoms with Crippen molar-refractivity contribution in [2.24, 2.45) is 0 Å². The van der Waals surface area contributed by atoms with Crippen LogP contribution in [0.1, 0.15) is 12.5 Å². The first-order valence-electron chi connectivity index (χ1n) is 7.34. The van der Waals surface area contributed by atoms with Crippen molar-refractivity contribution in [3.05, 3.63) is 60.2 Å². The first-order valence-corrected chi connectivity index (χ1v) is 7.34. The molecule has 2 rings (SSSR count). The maximum absolute atomic E-state index is 12.4. The fraction of sp³-hybridized carbons (Fsp3) is 0.167. The van der Waals surface area contributed by atoms with E-state index in [1.807, 2.05) is 18.2 Å². The number of benzene rings is 2. The molecule has 0 unspecified atom stereocenters. The number of nitrogens with one attached hydrogen (secondary N) is 1. The Morgan fingerprint density at radius 3 is 2.58 bits per heavy atom. The zero-order chi connectivity index (χ0) is 17.4. The predicted octanol–water partition coefficient (Wildman–Crippen LogP) is 4.34. The van der Waals surface area contributed by atoms with Gasteiger partial charge in [-0.25, -0.2) is 0 Å². The number of hydrogen-bond acceptors (Lipinski definition) is 3. The quantitative estimate of drug-likeness (QED) is 0.767. The molecule has 0 fully saturated rings. The number of alkyl halides is 2. The molecule has 0 bridgehead atoms. The minimum atomic E-state index is -2.93. The molecule has 0 saturated carbocycles. The molecule has 0 radical (unpaired) electrons. The molecule has 1 N–H and O–H groups in total. The summed E-state index contributed by atoms with van der Waals surface area (Å²) in [4.78, 5) is 11.9. The normalized spacial score (nSPS) is 10.8. The van der Waals surface area contributed by atoms with Gasteiger partial charge in [0.2, 0.25) is 5.91 Å². The van der Waals surface area contributed by atoms with E-state index >= 15 is 0 Å². The van der Waals surface area contributed by atoms with Gasteiger partial charge in [-0.05, 0) is 42.8 Å². The minimum Gasteiger partial charge on any atom is -0.490 e. The summed E-state index contributed by atoms with van der Waals surface area (Å²) in [5.41, 5.74) is 1.31. The third-order valence-electron chi connectivity index (χ3n) is 2.95. The molecule has 0 aliphatic carbocycles. The van der Waals surface area contributed by atoms with Gasteiger partial charge in [-0.2, -0.15) is 8.78 Å². The van der Waals surface area contributed by atoms with Gasteiger partial charge in [0.05, 0.1) is 6.61 Å². The second kappa shape index (κ2) is 8.67. The maximum atomic E-state index is 12.4. The fourth-order valence-corrected chi connectivity index (χ4v) is 1.97. The largest absolute Gasteiger partial charge is 0.490 e. The highest BCUT2D eigenvalue weighted by Crippen LogP contribution is 2.30. The lowest BCUT2D eigenvalue weighted by Gasteiger charge is -2.11. The average Bonchev–Trinajstić information content (AvgIpc) is 2.56. The van der Waals surface area contributed by atoms with Crippen LogP contribution in [0.4, 0.5) is 14.5 Å². The zero-order valence-corrected chi connectivity index (χ0v) is 13.0. The molecular formula is C18H17F2NO3. The Hall–Kier alpha value is -2.89. The number of halogens is 2.